The van der Waals surface area contributed by atoms with Crippen LogP contribution in [0.4, 0.5) is 0 Å². The predicted molar refractivity (Wildman–Crippen MR) is 80.2 cm³/mol. The first-order valence-corrected chi connectivity index (χ1v) is 8.11. The molecule has 3 nitrogen and oxygen atoms in total. The highest BCUT2D eigenvalue weighted by Crippen LogP contribution is 2.34. The third-order valence-electron chi connectivity index (χ3n) is 4.26. The Kier molecular flexibility index (Phi) is 4.98. The van der Waals surface area contributed by atoms with Crippen molar-refractivity contribution < 1.29 is 5.11 Å². The molecule has 1 aliphatic carbocycles. The van der Waals surface area contributed by atoms with E-state index in [1.807, 2.05) is 6.92 Å². The van der Waals surface area contributed by atoms with E-state index in [2.05, 4.69) is 36.2 Å². The van der Waals surface area contributed by atoms with Gasteiger partial charge in [0.2, 0.25) is 0 Å². The molecule has 0 saturated heterocycles. The Morgan fingerprint density at radius 1 is 1.42 bits per heavy atom. The van der Waals surface area contributed by atoms with E-state index in [9.17, 15) is 5.11 Å². The summed E-state index contributed by atoms with van der Waals surface area (Å²) in [6, 6.07) is 0. The fraction of sp³-hybridized carbons (Fsp3) is 0.800. The van der Waals surface area contributed by atoms with Crippen LogP contribution in [0, 0.1) is 24.7 Å². The van der Waals surface area contributed by atoms with E-state index in [1.165, 1.54) is 6.42 Å². The smallest absolute Gasteiger partial charge is 0.0897 e. The summed E-state index contributed by atoms with van der Waals surface area (Å²) in [4.78, 5) is 6.81. The highest BCUT2D eigenvalue weighted by molar-refractivity contribution is 7.09. The van der Waals surface area contributed by atoms with Crippen LogP contribution in [0.5, 0.6) is 0 Å². The highest BCUT2D eigenvalue weighted by Gasteiger charge is 2.33. The van der Waals surface area contributed by atoms with E-state index in [1.54, 1.807) is 11.3 Å². The molecule has 2 rings (SSSR count). The third-order valence-corrected chi connectivity index (χ3v) is 5.09. The van der Waals surface area contributed by atoms with Crippen molar-refractivity contribution in [3.63, 3.8) is 0 Å². The van der Waals surface area contributed by atoms with Gasteiger partial charge in [-0.2, -0.15) is 0 Å². The minimum atomic E-state index is -0.140. The Bertz CT molecular complexity index is 395. The molecule has 1 aromatic rings. The highest BCUT2D eigenvalue weighted by atomic mass is 32.1. The molecular weight excluding hydrogens is 256 g/mol. The van der Waals surface area contributed by atoms with Crippen molar-refractivity contribution in [3.05, 3.63) is 16.1 Å². The average molecular weight is 282 g/mol. The number of hydrogen-bond donors (Lipinski definition) is 1. The number of aliphatic hydroxyl groups excluding tert-OH is 1. The zero-order valence-electron chi connectivity index (χ0n) is 12.5. The van der Waals surface area contributed by atoms with Crippen molar-refractivity contribution in [2.24, 2.45) is 17.8 Å². The normalized spacial score (nSPS) is 31.9. The Labute approximate surface area is 120 Å². The maximum atomic E-state index is 10.3. The second-order valence-electron chi connectivity index (χ2n) is 6.34. The first kappa shape index (κ1) is 14.9. The zero-order chi connectivity index (χ0) is 14.0. The van der Waals surface area contributed by atoms with Gasteiger partial charge in [0, 0.05) is 24.4 Å². The lowest BCUT2D eigenvalue weighted by atomic mass is 9.73. The van der Waals surface area contributed by atoms with Crippen LogP contribution in [-0.2, 0) is 6.54 Å². The minimum absolute atomic E-state index is 0.140. The molecule has 0 radical (unpaired) electrons. The van der Waals surface area contributed by atoms with Crippen molar-refractivity contribution >= 4 is 11.3 Å². The van der Waals surface area contributed by atoms with Crippen LogP contribution in [0.1, 0.15) is 37.4 Å². The lowest BCUT2D eigenvalue weighted by molar-refractivity contribution is 0.000471. The standard InChI is InChI=1S/C15H26N2OS/c1-10-5-11(2)14(15(18)6-10)8-17(4)7-13-9-19-12(3)16-13/h9-11,14-15,18H,5-8H2,1-4H3. The third kappa shape index (κ3) is 4.01. The summed E-state index contributed by atoms with van der Waals surface area (Å²) < 4.78 is 0. The maximum absolute atomic E-state index is 10.3. The van der Waals surface area contributed by atoms with Gasteiger partial charge in [0.05, 0.1) is 16.8 Å². The second-order valence-corrected chi connectivity index (χ2v) is 7.40. The summed E-state index contributed by atoms with van der Waals surface area (Å²) in [5.74, 6) is 1.67. The number of nitrogens with zero attached hydrogens (tertiary/aromatic N) is 2. The van der Waals surface area contributed by atoms with Crippen molar-refractivity contribution in [2.45, 2.75) is 46.3 Å². The van der Waals surface area contributed by atoms with Crippen LogP contribution in [0.25, 0.3) is 0 Å². The van der Waals surface area contributed by atoms with Crippen LogP contribution in [0.15, 0.2) is 5.38 Å². The molecule has 0 aromatic carbocycles. The fourth-order valence-corrected chi connectivity index (χ4v) is 3.96. The van der Waals surface area contributed by atoms with E-state index in [0.717, 1.165) is 30.2 Å². The molecular formula is C15H26N2OS. The van der Waals surface area contributed by atoms with Crippen LogP contribution >= 0.6 is 11.3 Å². The van der Waals surface area contributed by atoms with Gasteiger partial charge >= 0.3 is 0 Å². The number of aryl methyl sites for hydroxylation is 1. The molecule has 1 fully saturated rings. The Morgan fingerprint density at radius 2 is 2.16 bits per heavy atom. The number of aliphatic hydroxyl groups is 1. The summed E-state index contributed by atoms with van der Waals surface area (Å²) in [6.07, 6.45) is 2.06. The molecule has 1 saturated carbocycles. The van der Waals surface area contributed by atoms with Crippen LogP contribution in [-0.4, -0.2) is 34.7 Å². The summed E-state index contributed by atoms with van der Waals surface area (Å²) in [5, 5.41) is 13.6. The van der Waals surface area contributed by atoms with E-state index >= 15 is 0 Å². The van der Waals surface area contributed by atoms with Crippen molar-refractivity contribution in [1.82, 2.24) is 9.88 Å². The summed E-state index contributed by atoms with van der Waals surface area (Å²) in [6.45, 7) is 8.42. The predicted octanol–water partition coefficient (Wildman–Crippen LogP) is 2.93. The van der Waals surface area contributed by atoms with Gasteiger partial charge in [0.25, 0.3) is 0 Å². The van der Waals surface area contributed by atoms with Crippen LogP contribution in [0.2, 0.25) is 0 Å². The lowest BCUT2D eigenvalue weighted by Crippen LogP contribution is -2.41. The van der Waals surface area contributed by atoms with E-state index in [4.69, 9.17) is 0 Å². The van der Waals surface area contributed by atoms with Crippen LogP contribution < -0.4 is 0 Å². The lowest BCUT2D eigenvalue weighted by Gasteiger charge is -2.38. The fourth-order valence-electron chi connectivity index (χ4n) is 3.36. The summed E-state index contributed by atoms with van der Waals surface area (Å²) in [7, 11) is 2.13. The molecule has 1 N–H and O–H groups in total. The SMILES string of the molecule is Cc1nc(CN(C)CC2C(C)CC(C)CC2O)cs1. The number of thiazole rings is 1. The topological polar surface area (TPSA) is 36.4 Å². The van der Waals surface area contributed by atoms with Gasteiger partial charge in [-0.1, -0.05) is 13.8 Å². The van der Waals surface area contributed by atoms with Gasteiger partial charge in [-0.3, -0.25) is 0 Å². The van der Waals surface area contributed by atoms with Crippen molar-refractivity contribution in [3.8, 4) is 0 Å². The quantitative estimate of drug-likeness (QED) is 0.922. The zero-order valence-corrected chi connectivity index (χ0v) is 13.3. The Hall–Kier alpha value is -0.450. The van der Waals surface area contributed by atoms with Gasteiger partial charge in [-0.05, 0) is 38.6 Å². The molecule has 108 valence electrons. The second kappa shape index (κ2) is 6.33. The largest absolute Gasteiger partial charge is 0.393 e. The molecule has 0 bridgehead atoms. The van der Waals surface area contributed by atoms with Gasteiger partial charge in [0.15, 0.2) is 0 Å². The summed E-state index contributed by atoms with van der Waals surface area (Å²) in [5.41, 5.74) is 1.15. The van der Waals surface area contributed by atoms with Gasteiger partial charge in [-0.25, -0.2) is 4.98 Å². The molecule has 0 amide bonds. The van der Waals surface area contributed by atoms with Gasteiger partial charge < -0.3 is 10.0 Å². The number of hydrogen-bond acceptors (Lipinski definition) is 4. The molecule has 4 unspecified atom stereocenters. The minimum Gasteiger partial charge on any atom is -0.393 e. The maximum Gasteiger partial charge on any atom is 0.0897 e. The molecule has 4 heteroatoms. The molecule has 0 aliphatic heterocycles. The van der Waals surface area contributed by atoms with Gasteiger partial charge in [0.1, 0.15) is 0 Å². The van der Waals surface area contributed by atoms with E-state index in [-0.39, 0.29) is 6.10 Å². The Balaban J connectivity index is 1.89. The number of rotatable bonds is 4. The van der Waals surface area contributed by atoms with Crippen LogP contribution in [0.3, 0.4) is 0 Å². The van der Waals surface area contributed by atoms with Crippen molar-refractivity contribution in [2.75, 3.05) is 13.6 Å². The molecule has 1 aliphatic rings. The molecule has 0 spiro atoms. The molecule has 19 heavy (non-hydrogen) atoms. The first-order chi connectivity index (χ1) is 8.95. The first-order valence-electron chi connectivity index (χ1n) is 7.23. The van der Waals surface area contributed by atoms with E-state index < -0.39 is 0 Å². The summed E-state index contributed by atoms with van der Waals surface area (Å²) >= 11 is 1.71. The Morgan fingerprint density at radius 3 is 2.74 bits per heavy atom. The molecule has 1 aromatic heterocycles. The number of aromatic nitrogens is 1. The van der Waals surface area contributed by atoms with E-state index in [0.29, 0.717) is 17.8 Å². The monoisotopic (exact) mass is 282 g/mol. The molecule has 4 atom stereocenters. The molecule has 1 heterocycles. The van der Waals surface area contributed by atoms with Gasteiger partial charge in [-0.15, -0.1) is 11.3 Å². The van der Waals surface area contributed by atoms with Crippen molar-refractivity contribution in [1.29, 1.82) is 0 Å². The average Bonchev–Trinajstić information content (AvgIpc) is 2.69.